The van der Waals surface area contributed by atoms with Gasteiger partial charge in [-0.15, -0.1) is 0 Å². The lowest BCUT2D eigenvalue weighted by molar-refractivity contribution is 0.0954. The van der Waals surface area contributed by atoms with Gasteiger partial charge in [0.15, 0.2) is 11.5 Å². The van der Waals surface area contributed by atoms with Crippen LogP contribution in [0.2, 0.25) is 0 Å². The molecular formula is C20H21FN2O4. The fourth-order valence-electron chi connectivity index (χ4n) is 3.23. The zero-order chi connectivity index (χ0) is 19.6. The highest BCUT2D eigenvalue weighted by Crippen LogP contribution is 2.39. The third kappa shape index (κ3) is 3.58. The van der Waals surface area contributed by atoms with Crippen molar-refractivity contribution >= 4 is 11.6 Å². The maximum Gasteiger partial charge on any atom is 0.271 e. The molecule has 1 amide bonds. The van der Waals surface area contributed by atoms with E-state index in [0.717, 1.165) is 0 Å². The first-order valence-electron chi connectivity index (χ1n) is 8.65. The summed E-state index contributed by atoms with van der Waals surface area (Å²) in [6.07, 6.45) is 0.427. The van der Waals surface area contributed by atoms with Gasteiger partial charge in [-0.05, 0) is 49.6 Å². The highest BCUT2D eigenvalue weighted by Gasteiger charge is 2.30. The third-order valence-corrected chi connectivity index (χ3v) is 4.47. The number of halogens is 1. The molecule has 1 aliphatic carbocycles. The summed E-state index contributed by atoms with van der Waals surface area (Å²) < 4.78 is 24.7. The number of fused-ring (bicyclic) bond motifs is 1. The number of amides is 1. The minimum absolute atomic E-state index is 0.0496. The number of carbonyl (C=O) groups excluding carboxylic acids is 1. The normalized spacial score (nSPS) is 16.9. The quantitative estimate of drug-likeness (QED) is 0.786. The first-order valence-corrected chi connectivity index (χ1v) is 8.65. The van der Waals surface area contributed by atoms with E-state index in [4.69, 9.17) is 9.47 Å². The summed E-state index contributed by atoms with van der Waals surface area (Å²) in [7, 11) is 1.49. The van der Waals surface area contributed by atoms with Crippen LogP contribution in [0.3, 0.4) is 0 Å². The Hall–Kier alpha value is -3.09. The largest absolute Gasteiger partial charge is 0.507 e. The number of phenols is 1. The van der Waals surface area contributed by atoms with E-state index in [1.807, 2.05) is 13.8 Å². The second-order valence-corrected chi connectivity index (χ2v) is 6.26. The second-order valence-electron chi connectivity index (χ2n) is 6.26. The van der Waals surface area contributed by atoms with Crippen molar-refractivity contribution in [3.8, 4) is 17.2 Å². The summed E-state index contributed by atoms with van der Waals surface area (Å²) in [5.41, 5.74) is 4.03. The zero-order valence-electron chi connectivity index (χ0n) is 15.4. The number of hydrazone groups is 1. The van der Waals surface area contributed by atoms with Crippen LogP contribution in [-0.2, 0) is 0 Å². The van der Waals surface area contributed by atoms with E-state index in [1.54, 1.807) is 18.2 Å². The minimum Gasteiger partial charge on any atom is -0.507 e. The Balaban J connectivity index is 1.84. The van der Waals surface area contributed by atoms with E-state index in [9.17, 15) is 14.3 Å². The Labute approximate surface area is 156 Å². The lowest BCUT2D eigenvalue weighted by atomic mass is 10.0. The number of nitrogens with zero attached hydrogens (tertiary/aromatic N) is 1. The average molecular weight is 372 g/mol. The van der Waals surface area contributed by atoms with Gasteiger partial charge >= 0.3 is 0 Å². The number of nitrogens with one attached hydrogen (secondary N) is 1. The van der Waals surface area contributed by atoms with Gasteiger partial charge in [-0.2, -0.15) is 5.10 Å². The first kappa shape index (κ1) is 18.7. The SMILES string of the molecule is CCOc1ccc(C(=O)N/N=C2\C[C@H](C)c3c(F)ccc(O)c32)cc1OC. The Morgan fingerprint density at radius 2 is 2.11 bits per heavy atom. The molecule has 142 valence electrons. The van der Waals surface area contributed by atoms with Crippen LogP contribution in [0.25, 0.3) is 0 Å². The van der Waals surface area contributed by atoms with Gasteiger partial charge in [0.1, 0.15) is 11.6 Å². The van der Waals surface area contributed by atoms with Crippen LogP contribution < -0.4 is 14.9 Å². The van der Waals surface area contributed by atoms with E-state index in [1.165, 1.54) is 19.2 Å². The van der Waals surface area contributed by atoms with Crippen molar-refractivity contribution < 1.29 is 23.8 Å². The lowest BCUT2D eigenvalue weighted by Crippen LogP contribution is -2.19. The van der Waals surface area contributed by atoms with Crippen molar-refractivity contribution in [3.63, 3.8) is 0 Å². The van der Waals surface area contributed by atoms with Gasteiger partial charge in [-0.25, -0.2) is 9.82 Å². The molecule has 0 spiro atoms. The molecule has 2 aromatic carbocycles. The van der Waals surface area contributed by atoms with Gasteiger partial charge in [0, 0.05) is 16.7 Å². The third-order valence-electron chi connectivity index (χ3n) is 4.47. The summed E-state index contributed by atoms with van der Waals surface area (Å²) in [6.45, 7) is 4.19. The summed E-state index contributed by atoms with van der Waals surface area (Å²) in [4.78, 5) is 12.4. The number of methoxy groups -OCH3 is 1. The summed E-state index contributed by atoms with van der Waals surface area (Å²) >= 11 is 0. The second kappa shape index (κ2) is 7.65. The van der Waals surface area contributed by atoms with E-state index < -0.39 is 5.91 Å². The molecule has 2 aromatic rings. The molecule has 0 heterocycles. The molecule has 0 radical (unpaired) electrons. The molecule has 0 fully saturated rings. The monoisotopic (exact) mass is 372 g/mol. The van der Waals surface area contributed by atoms with Gasteiger partial charge in [0.25, 0.3) is 5.91 Å². The smallest absolute Gasteiger partial charge is 0.271 e. The Bertz CT molecular complexity index is 911. The highest BCUT2D eigenvalue weighted by atomic mass is 19.1. The number of hydrogen-bond acceptors (Lipinski definition) is 5. The number of benzene rings is 2. The molecule has 3 rings (SSSR count). The Kier molecular flexibility index (Phi) is 5.30. The zero-order valence-corrected chi connectivity index (χ0v) is 15.4. The maximum atomic E-state index is 14.1. The molecule has 0 unspecified atom stereocenters. The van der Waals surface area contributed by atoms with Gasteiger partial charge in [0.2, 0.25) is 0 Å². The molecule has 1 aliphatic rings. The number of ether oxygens (including phenoxy) is 2. The van der Waals surface area contributed by atoms with Crippen molar-refractivity contribution in [1.29, 1.82) is 0 Å². The molecule has 6 nitrogen and oxygen atoms in total. The molecule has 1 atom stereocenters. The molecule has 0 aliphatic heterocycles. The van der Waals surface area contributed by atoms with E-state index in [0.29, 0.717) is 46.9 Å². The van der Waals surface area contributed by atoms with Crippen molar-refractivity contribution in [1.82, 2.24) is 5.43 Å². The van der Waals surface area contributed by atoms with E-state index in [2.05, 4.69) is 10.5 Å². The van der Waals surface area contributed by atoms with Crippen LogP contribution >= 0.6 is 0 Å². The highest BCUT2D eigenvalue weighted by molar-refractivity contribution is 6.08. The summed E-state index contributed by atoms with van der Waals surface area (Å²) in [5.74, 6) is -0.0257. The lowest BCUT2D eigenvalue weighted by Gasteiger charge is -2.10. The molecule has 7 heteroatoms. The predicted molar refractivity (Wildman–Crippen MR) is 99.3 cm³/mol. The van der Waals surface area contributed by atoms with Crippen LogP contribution in [0.5, 0.6) is 17.2 Å². The molecule has 0 saturated carbocycles. The van der Waals surface area contributed by atoms with Crippen LogP contribution in [0, 0.1) is 5.82 Å². The van der Waals surface area contributed by atoms with Crippen molar-refractivity contribution in [2.45, 2.75) is 26.2 Å². The summed E-state index contributed by atoms with van der Waals surface area (Å²) in [5, 5.41) is 14.2. The average Bonchev–Trinajstić information content (AvgIpc) is 3.01. The number of aromatic hydroxyl groups is 1. The molecule has 0 aromatic heterocycles. The summed E-state index contributed by atoms with van der Waals surface area (Å²) in [6, 6.07) is 7.34. The first-order chi connectivity index (χ1) is 13.0. The fourth-order valence-corrected chi connectivity index (χ4v) is 3.23. The van der Waals surface area contributed by atoms with Crippen molar-refractivity contribution in [2.24, 2.45) is 5.10 Å². The fraction of sp³-hybridized carbons (Fsp3) is 0.300. The molecule has 0 saturated heterocycles. The van der Waals surface area contributed by atoms with Gasteiger partial charge < -0.3 is 14.6 Å². The van der Waals surface area contributed by atoms with Gasteiger partial charge in [-0.3, -0.25) is 4.79 Å². The number of phenolic OH excluding ortho intramolecular Hbond substituents is 1. The topological polar surface area (TPSA) is 80.2 Å². The van der Waals surface area contributed by atoms with Crippen LogP contribution in [-0.4, -0.2) is 30.4 Å². The standard InChI is InChI=1S/C20H21FN2O4/c1-4-27-16-8-5-12(10-17(16)26-3)20(25)23-22-14-9-11(2)18-13(21)6-7-15(24)19(14)18/h5-8,10-11,24H,4,9H2,1-3H3,(H,23,25)/b22-14+/t11-/m0/s1. The number of carbonyl (C=O) groups is 1. The molecule has 0 bridgehead atoms. The van der Waals surface area contributed by atoms with Gasteiger partial charge in [-0.1, -0.05) is 6.92 Å². The van der Waals surface area contributed by atoms with E-state index >= 15 is 0 Å². The predicted octanol–water partition coefficient (Wildman–Crippen LogP) is 3.58. The molecule has 27 heavy (non-hydrogen) atoms. The van der Waals surface area contributed by atoms with Crippen molar-refractivity contribution in [2.75, 3.05) is 13.7 Å². The number of rotatable bonds is 5. The minimum atomic E-state index is -0.444. The maximum absolute atomic E-state index is 14.1. The Morgan fingerprint density at radius 1 is 1.33 bits per heavy atom. The van der Waals surface area contributed by atoms with E-state index in [-0.39, 0.29) is 17.5 Å². The van der Waals surface area contributed by atoms with Crippen LogP contribution in [0.4, 0.5) is 4.39 Å². The van der Waals surface area contributed by atoms with Crippen LogP contribution in [0.15, 0.2) is 35.4 Å². The van der Waals surface area contributed by atoms with Gasteiger partial charge in [0.05, 0.1) is 19.4 Å². The van der Waals surface area contributed by atoms with Crippen LogP contribution in [0.1, 0.15) is 47.7 Å². The Morgan fingerprint density at radius 3 is 2.81 bits per heavy atom. The molecule has 2 N–H and O–H groups in total. The number of hydrogen-bond donors (Lipinski definition) is 2. The molecular weight excluding hydrogens is 351 g/mol. The van der Waals surface area contributed by atoms with Crippen molar-refractivity contribution in [3.05, 3.63) is 52.8 Å².